The monoisotopic (exact) mass is 684 g/mol. The molecule has 2 aliphatic heterocycles. The summed E-state index contributed by atoms with van der Waals surface area (Å²) in [6, 6.07) is 10.6. The zero-order valence-corrected chi connectivity index (χ0v) is 28.0. The fraction of sp³-hybridized carbons (Fsp3) is 0.531. The second-order valence-corrected chi connectivity index (χ2v) is 13.1. The second-order valence-electron chi connectivity index (χ2n) is 11.4. The third-order valence-electron chi connectivity index (χ3n) is 8.27. The van der Waals surface area contributed by atoms with Crippen LogP contribution in [-0.2, 0) is 9.63 Å². The fourth-order valence-electron chi connectivity index (χ4n) is 5.91. The molecule has 1 N–H and O–H groups in total. The van der Waals surface area contributed by atoms with Gasteiger partial charge < -0.3 is 24.6 Å². The van der Waals surface area contributed by atoms with E-state index in [1.165, 1.54) is 0 Å². The predicted octanol–water partition coefficient (Wildman–Crippen LogP) is 6.78. The van der Waals surface area contributed by atoms with E-state index >= 15 is 0 Å². The Hall–Kier alpha value is -2.07. The Balaban J connectivity index is 1.53. The number of carbonyl (C=O) groups is 2. The zero-order valence-electron chi connectivity index (χ0n) is 25.0. The van der Waals surface area contributed by atoms with E-state index in [2.05, 4.69) is 15.0 Å². The summed E-state index contributed by atoms with van der Waals surface area (Å²) in [5.74, 6) is -0.215. The van der Waals surface area contributed by atoms with Crippen LogP contribution in [0, 0.1) is 0 Å². The van der Waals surface area contributed by atoms with Crippen LogP contribution in [0.2, 0.25) is 20.1 Å². The van der Waals surface area contributed by atoms with Crippen molar-refractivity contribution in [2.24, 2.45) is 5.16 Å². The summed E-state index contributed by atoms with van der Waals surface area (Å²) < 4.78 is 0. The molecule has 2 heterocycles. The van der Waals surface area contributed by atoms with Crippen molar-refractivity contribution in [1.29, 1.82) is 0 Å². The van der Waals surface area contributed by atoms with Gasteiger partial charge in [-0.15, -0.1) is 0 Å². The molecule has 0 spiro atoms. The van der Waals surface area contributed by atoms with Crippen LogP contribution in [0.1, 0.15) is 66.8 Å². The first-order chi connectivity index (χ1) is 21.2. The van der Waals surface area contributed by atoms with Gasteiger partial charge in [0, 0.05) is 73.7 Å². The summed E-state index contributed by atoms with van der Waals surface area (Å²) in [5.41, 5.74) is 1.91. The summed E-state index contributed by atoms with van der Waals surface area (Å²) in [7, 11) is 1.69. The Morgan fingerprint density at radius 1 is 1.05 bits per heavy atom. The Kier molecular flexibility index (Phi) is 13.5. The number of aliphatic hydroxyl groups excluding tert-OH is 1. The average molecular weight is 687 g/mol. The lowest BCUT2D eigenvalue weighted by atomic mass is 9.89. The van der Waals surface area contributed by atoms with Crippen molar-refractivity contribution in [1.82, 2.24) is 14.7 Å². The smallest absolute Gasteiger partial charge is 0.254 e. The first-order valence-electron chi connectivity index (χ1n) is 15.1. The van der Waals surface area contributed by atoms with Gasteiger partial charge >= 0.3 is 0 Å². The lowest BCUT2D eigenvalue weighted by Crippen LogP contribution is -2.49. The maximum Gasteiger partial charge on any atom is 0.254 e. The maximum atomic E-state index is 13.4. The van der Waals surface area contributed by atoms with Gasteiger partial charge in [-0.05, 0) is 74.5 Å². The molecule has 1 atom stereocenters. The van der Waals surface area contributed by atoms with Crippen molar-refractivity contribution in [2.45, 2.75) is 56.9 Å². The van der Waals surface area contributed by atoms with Gasteiger partial charge in [0.2, 0.25) is 5.91 Å². The van der Waals surface area contributed by atoms with E-state index in [1.54, 1.807) is 36.2 Å². The molecule has 0 aliphatic carbocycles. The molecule has 4 rings (SSSR count). The minimum absolute atomic E-state index is 0.0199. The van der Waals surface area contributed by atoms with Crippen molar-refractivity contribution in [3.63, 3.8) is 0 Å². The molecule has 0 aromatic heterocycles. The fourth-order valence-corrected chi connectivity index (χ4v) is 6.74. The first kappa shape index (κ1) is 34.8. The lowest BCUT2D eigenvalue weighted by Gasteiger charge is -2.40. The minimum Gasteiger partial charge on any atom is -0.396 e. The van der Waals surface area contributed by atoms with Gasteiger partial charge in [-0.3, -0.25) is 9.59 Å². The molecule has 240 valence electrons. The molecule has 0 saturated carbocycles. The number of piperidine rings is 2. The number of halogens is 4. The summed E-state index contributed by atoms with van der Waals surface area (Å²) in [4.78, 5) is 37.6. The Morgan fingerprint density at radius 2 is 1.77 bits per heavy atom. The van der Waals surface area contributed by atoms with Gasteiger partial charge in [0.15, 0.2) is 0 Å². The van der Waals surface area contributed by atoms with Crippen LogP contribution in [0.25, 0.3) is 0 Å². The standard InChI is InChI=1S/C32H40Cl4N4O4/c1-38(32(43)23-17-24(33)20-25(34)18-23)21-30(37-44-16-4-15-41)27(22-6-7-28(35)29(36)19-22)10-14-39-12-8-26(9-13-39)40-11-3-2-5-31(40)42/h6-7,17-20,26-27,41H,2-5,8-16,21H2,1H3/b37-30+. The van der Waals surface area contributed by atoms with Crippen molar-refractivity contribution >= 4 is 63.9 Å². The van der Waals surface area contributed by atoms with E-state index < -0.39 is 0 Å². The number of hydrogen-bond donors (Lipinski definition) is 1. The van der Waals surface area contributed by atoms with Gasteiger partial charge in [-0.2, -0.15) is 0 Å². The van der Waals surface area contributed by atoms with Crippen molar-refractivity contribution in [3.8, 4) is 0 Å². The van der Waals surface area contributed by atoms with Crippen LogP contribution < -0.4 is 0 Å². The molecule has 2 fully saturated rings. The quantitative estimate of drug-likeness (QED) is 0.143. The van der Waals surface area contributed by atoms with E-state index in [-0.39, 0.29) is 37.5 Å². The summed E-state index contributed by atoms with van der Waals surface area (Å²) >= 11 is 25.1. The van der Waals surface area contributed by atoms with E-state index in [0.717, 1.165) is 57.4 Å². The van der Waals surface area contributed by atoms with Crippen molar-refractivity contribution in [3.05, 3.63) is 67.6 Å². The van der Waals surface area contributed by atoms with E-state index in [9.17, 15) is 14.7 Å². The SMILES string of the molecule is CN(C/C(=N\OCCCO)C(CCN1CCC(N2CCCCC2=O)CC1)c1ccc(Cl)c(Cl)c1)C(=O)c1cc(Cl)cc(Cl)c1. The minimum atomic E-state index is -0.264. The summed E-state index contributed by atoms with van der Waals surface area (Å²) in [6.45, 7) is 3.83. The van der Waals surface area contributed by atoms with Gasteiger partial charge in [-0.1, -0.05) is 57.6 Å². The zero-order chi connectivity index (χ0) is 31.6. The first-order valence-corrected chi connectivity index (χ1v) is 16.7. The molecule has 0 bridgehead atoms. The highest BCUT2D eigenvalue weighted by Gasteiger charge is 2.30. The number of nitrogens with zero attached hydrogens (tertiary/aromatic N) is 4. The third kappa shape index (κ3) is 9.71. The van der Waals surface area contributed by atoms with Crippen LogP contribution in [0.15, 0.2) is 41.6 Å². The Labute approximate surface area is 279 Å². The topological polar surface area (TPSA) is 85.7 Å². The van der Waals surface area contributed by atoms with Crippen molar-refractivity contribution < 1.29 is 19.5 Å². The Bertz CT molecular complexity index is 1300. The number of amides is 2. The van der Waals surface area contributed by atoms with Gasteiger partial charge in [0.05, 0.1) is 22.3 Å². The van der Waals surface area contributed by atoms with Gasteiger partial charge in [0.25, 0.3) is 5.91 Å². The van der Waals surface area contributed by atoms with E-state index in [4.69, 9.17) is 51.2 Å². The highest BCUT2D eigenvalue weighted by molar-refractivity contribution is 6.42. The number of likely N-dealkylation sites (tertiary alicyclic amines) is 2. The number of oxime groups is 1. The molecule has 1 unspecified atom stereocenters. The number of rotatable bonds is 13. The molecule has 2 aromatic carbocycles. The molecule has 44 heavy (non-hydrogen) atoms. The lowest BCUT2D eigenvalue weighted by molar-refractivity contribution is -0.136. The molecule has 0 radical (unpaired) electrons. The van der Waals surface area contributed by atoms with Crippen molar-refractivity contribution in [2.75, 3.05) is 53.0 Å². The van der Waals surface area contributed by atoms with E-state index in [0.29, 0.717) is 56.7 Å². The molecule has 2 saturated heterocycles. The molecule has 2 aliphatic rings. The Morgan fingerprint density at radius 3 is 2.43 bits per heavy atom. The number of benzene rings is 2. The van der Waals surface area contributed by atoms with Crippen LogP contribution >= 0.6 is 46.4 Å². The summed E-state index contributed by atoms with van der Waals surface area (Å²) in [5, 5.41) is 15.4. The normalized spacial score (nSPS) is 17.5. The summed E-state index contributed by atoms with van der Waals surface area (Å²) in [6.07, 6.45) is 5.76. The van der Waals surface area contributed by atoms with Crippen LogP contribution in [0.5, 0.6) is 0 Å². The molecule has 2 amide bonds. The highest BCUT2D eigenvalue weighted by Crippen LogP contribution is 2.31. The predicted molar refractivity (Wildman–Crippen MR) is 177 cm³/mol. The molecular weight excluding hydrogens is 646 g/mol. The van der Waals surface area contributed by atoms with Crippen LogP contribution in [0.4, 0.5) is 0 Å². The largest absolute Gasteiger partial charge is 0.396 e. The van der Waals surface area contributed by atoms with Gasteiger partial charge in [0.1, 0.15) is 6.61 Å². The average Bonchev–Trinajstić information content (AvgIpc) is 3.00. The van der Waals surface area contributed by atoms with Gasteiger partial charge in [-0.25, -0.2) is 0 Å². The molecule has 8 nitrogen and oxygen atoms in total. The van der Waals surface area contributed by atoms with Crippen LogP contribution in [-0.4, -0.2) is 96.4 Å². The van der Waals surface area contributed by atoms with E-state index in [1.807, 2.05) is 12.1 Å². The maximum absolute atomic E-state index is 13.4. The molecule has 12 heteroatoms. The molecule has 2 aromatic rings. The number of aliphatic hydroxyl groups is 1. The second kappa shape index (κ2) is 17.0. The highest BCUT2D eigenvalue weighted by atomic mass is 35.5. The number of hydrogen-bond acceptors (Lipinski definition) is 6. The van der Waals surface area contributed by atoms with Crippen LogP contribution in [0.3, 0.4) is 0 Å². The molecular formula is C32H40Cl4N4O4. The number of carbonyl (C=O) groups excluding carboxylic acids is 2. The third-order valence-corrected chi connectivity index (χ3v) is 9.45.